The predicted octanol–water partition coefficient (Wildman–Crippen LogP) is 0.629. The Hall–Kier alpha value is -3.01. The maximum Gasteiger partial charge on any atom is 0.326 e. The van der Waals surface area contributed by atoms with E-state index in [1.165, 1.54) is 25.1 Å². The summed E-state index contributed by atoms with van der Waals surface area (Å²) in [6.07, 6.45) is 1.35. The van der Waals surface area contributed by atoms with Crippen molar-refractivity contribution in [3.05, 3.63) is 39.4 Å². The first-order chi connectivity index (χ1) is 12.8. The summed E-state index contributed by atoms with van der Waals surface area (Å²) in [5.41, 5.74) is 0.380. The molecule has 1 aromatic rings. The monoisotopic (exact) mass is 379 g/mol. The fourth-order valence-electron chi connectivity index (χ4n) is 2.90. The van der Waals surface area contributed by atoms with Crippen LogP contribution >= 0.6 is 0 Å². The highest BCUT2D eigenvalue weighted by molar-refractivity contribution is 5.97. The lowest BCUT2D eigenvalue weighted by atomic mass is 9.93. The lowest BCUT2D eigenvalue weighted by molar-refractivity contribution is -0.385. The van der Waals surface area contributed by atoms with Crippen LogP contribution in [0.15, 0.2) is 18.2 Å². The molecule has 0 bridgehead atoms. The van der Waals surface area contributed by atoms with Gasteiger partial charge < -0.3 is 20.5 Å². The van der Waals surface area contributed by atoms with E-state index in [2.05, 4.69) is 10.6 Å². The summed E-state index contributed by atoms with van der Waals surface area (Å²) in [6, 6.07) is 2.77. The Balaban J connectivity index is 1.91. The number of carbonyl (C=O) groups excluding carboxylic acids is 2. The van der Waals surface area contributed by atoms with Crippen molar-refractivity contribution in [3.8, 4) is 0 Å². The van der Waals surface area contributed by atoms with Crippen molar-refractivity contribution in [3.63, 3.8) is 0 Å². The molecule has 146 valence electrons. The summed E-state index contributed by atoms with van der Waals surface area (Å²) >= 11 is 0. The van der Waals surface area contributed by atoms with Crippen molar-refractivity contribution in [2.75, 3.05) is 19.8 Å². The SMILES string of the molecule is Cc1cc(C(=O)NCC(=O)NC(C(=O)O)C2CCCOC2)ccc1[N+](=O)[O-]. The fraction of sp³-hybridized carbons (Fsp3) is 0.471. The number of carbonyl (C=O) groups is 3. The summed E-state index contributed by atoms with van der Waals surface area (Å²) in [6.45, 7) is 1.92. The Morgan fingerprint density at radius 1 is 1.41 bits per heavy atom. The molecule has 10 nitrogen and oxygen atoms in total. The topological polar surface area (TPSA) is 148 Å². The first kappa shape index (κ1) is 20.3. The number of hydrogen-bond donors (Lipinski definition) is 3. The normalized spacial score (nSPS) is 17.6. The first-order valence-corrected chi connectivity index (χ1v) is 8.42. The predicted molar refractivity (Wildman–Crippen MR) is 93.3 cm³/mol. The first-order valence-electron chi connectivity index (χ1n) is 8.42. The van der Waals surface area contributed by atoms with Crippen LogP contribution in [0, 0.1) is 23.0 Å². The van der Waals surface area contributed by atoms with Gasteiger partial charge in [0.1, 0.15) is 6.04 Å². The zero-order chi connectivity index (χ0) is 20.0. The van der Waals surface area contributed by atoms with Gasteiger partial charge in [-0.3, -0.25) is 19.7 Å². The Labute approximate surface area is 155 Å². The van der Waals surface area contributed by atoms with Crippen molar-refractivity contribution in [1.82, 2.24) is 10.6 Å². The van der Waals surface area contributed by atoms with Crippen LogP contribution in [-0.2, 0) is 14.3 Å². The molecule has 2 amide bonds. The molecular weight excluding hydrogens is 358 g/mol. The zero-order valence-electron chi connectivity index (χ0n) is 14.8. The summed E-state index contributed by atoms with van der Waals surface area (Å²) < 4.78 is 5.26. The van der Waals surface area contributed by atoms with Gasteiger partial charge in [-0.15, -0.1) is 0 Å². The smallest absolute Gasteiger partial charge is 0.326 e. The van der Waals surface area contributed by atoms with E-state index in [0.717, 1.165) is 6.42 Å². The lowest BCUT2D eigenvalue weighted by Crippen LogP contribution is -2.51. The largest absolute Gasteiger partial charge is 0.480 e. The van der Waals surface area contributed by atoms with Crippen molar-refractivity contribution in [2.24, 2.45) is 5.92 Å². The highest BCUT2D eigenvalue weighted by atomic mass is 16.6. The van der Waals surface area contributed by atoms with E-state index in [0.29, 0.717) is 18.6 Å². The maximum atomic E-state index is 12.1. The molecular formula is C17H21N3O7. The van der Waals surface area contributed by atoms with E-state index < -0.39 is 35.3 Å². The van der Waals surface area contributed by atoms with Crippen LogP contribution in [0.3, 0.4) is 0 Å². The van der Waals surface area contributed by atoms with Crippen LogP contribution in [0.1, 0.15) is 28.8 Å². The molecule has 1 aliphatic heterocycles. The van der Waals surface area contributed by atoms with Gasteiger partial charge in [0.05, 0.1) is 18.1 Å². The lowest BCUT2D eigenvalue weighted by Gasteiger charge is -2.28. The molecule has 2 atom stereocenters. The molecule has 0 radical (unpaired) electrons. The molecule has 3 N–H and O–H groups in total. The number of aryl methyl sites for hydroxylation is 1. The highest BCUT2D eigenvalue weighted by Crippen LogP contribution is 2.19. The van der Waals surface area contributed by atoms with E-state index in [1.807, 2.05) is 0 Å². The highest BCUT2D eigenvalue weighted by Gasteiger charge is 2.31. The van der Waals surface area contributed by atoms with Crippen LogP contribution < -0.4 is 10.6 Å². The number of benzene rings is 1. The molecule has 0 aliphatic carbocycles. The van der Waals surface area contributed by atoms with Crippen LogP contribution in [0.5, 0.6) is 0 Å². The molecule has 0 spiro atoms. The van der Waals surface area contributed by atoms with Crippen molar-refractivity contribution in [2.45, 2.75) is 25.8 Å². The van der Waals surface area contributed by atoms with Crippen LogP contribution in [0.2, 0.25) is 0 Å². The van der Waals surface area contributed by atoms with Crippen molar-refractivity contribution >= 4 is 23.5 Å². The van der Waals surface area contributed by atoms with Crippen LogP contribution in [-0.4, -0.2) is 53.6 Å². The number of ether oxygens (including phenoxy) is 1. The molecule has 2 unspecified atom stereocenters. The summed E-state index contributed by atoms with van der Waals surface area (Å²) in [5, 5.41) is 24.9. The number of carboxylic acids is 1. The third kappa shape index (κ3) is 5.48. The zero-order valence-corrected chi connectivity index (χ0v) is 14.8. The summed E-state index contributed by atoms with van der Waals surface area (Å²) in [5.74, 6) is -2.71. The molecule has 0 aromatic heterocycles. The van der Waals surface area contributed by atoms with Gasteiger partial charge in [-0.2, -0.15) is 0 Å². The molecule has 1 aliphatic rings. The van der Waals surface area contributed by atoms with Crippen LogP contribution in [0.25, 0.3) is 0 Å². The third-order valence-electron chi connectivity index (χ3n) is 4.31. The van der Waals surface area contributed by atoms with E-state index >= 15 is 0 Å². The molecule has 0 saturated carbocycles. The number of nitrogens with one attached hydrogen (secondary N) is 2. The number of aliphatic carboxylic acids is 1. The van der Waals surface area contributed by atoms with Crippen molar-refractivity contribution in [1.29, 1.82) is 0 Å². The fourth-order valence-corrected chi connectivity index (χ4v) is 2.90. The minimum Gasteiger partial charge on any atom is -0.480 e. The van der Waals surface area contributed by atoms with E-state index in [4.69, 9.17) is 4.74 Å². The second kappa shape index (κ2) is 9.08. The quantitative estimate of drug-likeness (QED) is 0.465. The van der Waals surface area contributed by atoms with Gasteiger partial charge >= 0.3 is 5.97 Å². The minimum absolute atomic E-state index is 0.108. The number of amides is 2. The Morgan fingerprint density at radius 2 is 2.15 bits per heavy atom. The molecule has 1 saturated heterocycles. The Kier molecular flexibility index (Phi) is 6.83. The van der Waals surface area contributed by atoms with Gasteiger partial charge in [0.25, 0.3) is 11.6 Å². The average Bonchev–Trinajstić information content (AvgIpc) is 2.64. The van der Waals surface area contributed by atoms with Gasteiger partial charge in [0.15, 0.2) is 0 Å². The molecule has 2 rings (SSSR count). The second-order valence-corrected chi connectivity index (χ2v) is 6.30. The van der Waals surface area contributed by atoms with E-state index in [-0.39, 0.29) is 23.8 Å². The number of hydrogen-bond acceptors (Lipinski definition) is 6. The van der Waals surface area contributed by atoms with Gasteiger partial charge in [-0.25, -0.2) is 4.79 Å². The number of nitro groups is 1. The van der Waals surface area contributed by atoms with E-state index in [1.54, 1.807) is 0 Å². The van der Waals surface area contributed by atoms with E-state index in [9.17, 15) is 29.6 Å². The number of nitrogens with zero attached hydrogens (tertiary/aromatic N) is 1. The standard InChI is InChI=1S/C17H21N3O7/c1-10-7-11(4-5-13(10)20(25)26)16(22)18-8-14(21)19-15(17(23)24)12-3-2-6-27-9-12/h4-5,7,12,15H,2-3,6,8-9H2,1H3,(H,18,22)(H,19,21)(H,23,24). The Morgan fingerprint density at radius 3 is 2.70 bits per heavy atom. The number of carboxylic acid groups (broad SMARTS) is 1. The summed E-state index contributed by atoms with van der Waals surface area (Å²) in [7, 11) is 0. The average molecular weight is 379 g/mol. The molecule has 1 aromatic carbocycles. The molecule has 1 heterocycles. The number of nitro benzene ring substituents is 1. The maximum absolute atomic E-state index is 12.1. The van der Waals surface area contributed by atoms with Gasteiger partial charge in [-0.1, -0.05) is 0 Å². The second-order valence-electron chi connectivity index (χ2n) is 6.30. The van der Waals surface area contributed by atoms with Gasteiger partial charge in [0.2, 0.25) is 5.91 Å². The van der Waals surface area contributed by atoms with Crippen LogP contribution in [0.4, 0.5) is 5.69 Å². The van der Waals surface area contributed by atoms with Crippen molar-refractivity contribution < 1.29 is 29.2 Å². The molecule has 10 heteroatoms. The molecule has 1 fully saturated rings. The van der Waals surface area contributed by atoms with Gasteiger partial charge in [-0.05, 0) is 31.9 Å². The third-order valence-corrected chi connectivity index (χ3v) is 4.31. The Bertz CT molecular complexity index is 744. The molecule has 27 heavy (non-hydrogen) atoms. The summed E-state index contributed by atoms with van der Waals surface area (Å²) in [4.78, 5) is 45.8. The number of rotatable bonds is 7. The van der Waals surface area contributed by atoms with Gasteiger partial charge in [0, 0.05) is 29.7 Å². The minimum atomic E-state index is -1.16.